The minimum absolute atomic E-state index is 0.212. The van der Waals surface area contributed by atoms with E-state index >= 15 is 0 Å². The van der Waals surface area contributed by atoms with Crippen molar-refractivity contribution >= 4 is 0 Å². The monoisotopic (exact) mass is 155 g/mol. The van der Waals surface area contributed by atoms with Gasteiger partial charge in [0.25, 0.3) is 0 Å². The fraction of sp³-hybridized carbons (Fsp3) is 0.800. The first-order valence-electron chi connectivity index (χ1n) is 4.51. The van der Waals surface area contributed by atoms with E-state index in [0.717, 1.165) is 12.3 Å². The first-order chi connectivity index (χ1) is 5.06. The van der Waals surface area contributed by atoms with Crippen molar-refractivity contribution in [2.45, 2.75) is 46.6 Å². The summed E-state index contributed by atoms with van der Waals surface area (Å²) in [6.07, 6.45) is 4.51. The summed E-state index contributed by atoms with van der Waals surface area (Å²) in [5.74, 6) is 0.750. The van der Waals surface area contributed by atoms with E-state index in [1.54, 1.807) is 0 Å². The van der Waals surface area contributed by atoms with Gasteiger partial charge in [-0.1, -0.05) is 32.4 Å². The topological polar surface area (TPSA) is 26.0 Å². The van der Waals surface area contributed by atoms with Gasteiger partial charge in [-0.2, -0.15) is 0 Å². The minimum atomic E-state index is 0.212. The third kappa shape index (κ3) is 6.11. The van der Waals surface area contributed by atoms with E-state index in [1.807, 2.05) is 6.92 Å². The van der Waals surface area contributed by atoms with E-state index in [1.165, 1.54) is 12.0 Å². The maximum atomic E-state index is 5.67. The summed E-state index contributed by atoms with van der Waals surface area (Å²) in [5.41, 5.74) is 7.16. The largest absolute Gasteiger partial charge is 0.325 e. The molecule has 0 aromatic carbocycles. The van der Waals surface area contributed by atoms with E-state index in [0.29, 0.717) is 0 Å². The molecule has 0 aliphatic rings. The van der Waals surface area contributed by atoms with Crippen LogP contribution < -0.4 is 5.73 Å². The maximum absolute atomic E-state index is 5.67. The second-order valence-corrected chi connectivity index (χ2v) is 3.64. The summed E-state index contributed by atoms with van der Waals surface area (Å²) < 4.78 is 0. The third-order valence-corrected chi connectivity index (χ3v) is 1.62. The van der Waals surface area contributed by atoms with Crippen molar-refractivity contribution in [3.8, 4) is 0 Å². The van der Waals surface area contributed by atoms with E-state index in [9.17, 15) is 0 Å². The Bertz CT molecular complexity index is 123. The Morgan fingerprint density at radius 1 is 1.36 bits per heavy atom. The van der Waals surface area contributed by atoms with Crippen molar-refractivity contribution in [1.82, 2.24) is 0 Å². The lowest BCUT2D eigenvalue weighted by molar-refractivity contribution is 0.626. The number of rotatable bonds is 4. The quantitative estimate of drug-likeness (QED) is 0.621. The van der Waals surface area contributed by atoms with Crippen molar-refractivity contribution in [3.05, 3.63) is 11.6 Å². The summed E-state index contributed by atoms with van der Waals surface area (Å²) in [6.45, 7) is 8.70. The van der Waals surface area contributed by atoms with E-state index < -0.39 is 0 Å². The van der Waals surface area contributed by atoms with Gasteiger partial charge in [-0.25, -0.2) is 0 Å². The van der Waals surface area contributed by atoms with Crippen molar-refractivity contribution in [1.29, 1.82) is 0 Å². The van der Waals surface area contributed by atoms with Crippen molar-refractivity contribution < 1.29 is 0 Å². The summed E-state index contributed by atoms with van der Waals surface area (Å²) in [5, 5.41) is 0. The highest BCUT2D eigenvalue weighted by atomic mass is 14.6. The van der Waals surface area contributed by atoms with Crippen LogP contribution >= 0.6 is 0 Å². The first kappa shape index (κ1) is 10.7. The molecule has 0 rings (SSSR count). The van der Waals surface area contributed by atoms with Crippen LogP contribution in [0.3, 0.4) is 0 Å². The molecule has 1 unspecified atom stereocenters. The fourth-order valence-electron chi connectivity index (χ4n) is 1.23. The lowest BCUT2D eigenvalue weighted by Crippen LogP contribution is -2.12. The molecule has 0 saturated heterocycles. The summed E-state index contributed by atoms with van der Waals surface area (Å²) in [6, 6.07) is 0.212. The van der Waals surface area contributed by atoms with Crippen LogP contribution in [-0.2, 0) is 0 Å². The van der Waals surface area contributed by atoms with Crippen LogP contribution in [0.25, 0.3) is 0 Å². The normalized spacial score (nSPS) is 15.6. The van der Waals surface area contributed by atoms with Gasteiger partial charge in [-0.3, -0.25) is 0 Å². The van der Waals surface area contributed by atoms with Gasteiger partial charge >= 0.3 is 0 Å². The van der Waals surface area contributed by atoms with Crippen LogP contribution in [0.2, 0.25) is 0 Å². The molecule has 0 amide bonds. The van der Waals surface area contributed by atoms with E-state index in [2.05, 4.69) is 26.8 Å². The molecule has 11 heavy (non-hydrogen) atoms. The fourth-order valence-corrected chi connectivity index (χ4v) is 1.23. The molecule has 0 spiro atoms. The van der Waals surface area contributed by atoms with Gasteiger partial charge in [-0.05, 0) is 25.7 Å². The molecule has 0 aliphatic heterocycles. The standard InChI is InChI=1S/C10H21N/c1-5-10(6-8(2)3)7-9(4)11/h7-9H,5-6,11H2,1-4H3. The molecule has 0 saturated carbocycles. The van der Waals surface area contributed by atoms with E-state index in [4.69, 9.17) is 5.73 Å². The molecular formula is C10H21N. The lowest BCUT2D eigenvalue weighted by Gasteiger charge is -2.09. The molecule has 1 nitrogen and oxygen atoms in total. The van der Waals surface area contributed by atoms with Crippen molar-refractivity contribution in [3.63, 3.8) is 0 Å². The van der Waals surface area contributed by atoms with Gasteiger partial charge in [0.05, 0.1) is 0 Å². The van der Waals surface area contributed by atoms with Gasteiger partial charge in [0.15, 0.2) is 0 Å². The highest BCUT2D eigenvalue weighted by Gasteiger charge is 1.99. The van der Waals surface area contributed by atoms with E-state index in [-0.39, 0.29) is 6.04 Å². The summed E-state index contributed by atoms with van der Waals surface area (Å²) >= 11 is 0. The molecule has 0 aromatic heterocycles. The number of hydrogen-bond acceptors (Lipinski definition) is 1. The Balaban J connectivity index is 3.94. The van der Waals surface area contributed by atoms with Crippen molar-refractivity contribution in [2.24, 2.45) is 11.7 Å². The Morgan fingerprint density at radius 2 is 1.91 bits per heavy atom. The zero-order chi connectivity index (χ0) is 8.85. The second-order valence-electron chi connectivity index (χ2n) is 3.64. The number of allylic oxidation sites excluding steroid dienone is 1. The molecule has 66 valence electrons. The molecule has 1 heteroatoms. The number of nitrogens with two attached hydrogens (primary N) is 1. The molecule has 1 atom stereocenters. The molecule has 0 heterocycles. The van der Waals surface area contributed by atoms with Gasteiger partial charge in [0, 0.05) is 6.04 Å². The predicted octanol–water partition coefficient (Wildman–Crippen LogP) is 2.72. The van der Waals surface area contributed by atoms with Gasteiger partial charge in [0.1, 0.15) is 0 Å². The number of hydrogen-bond donors (Lipinski definition) is 1. The van der Waals surface area contributed by atoms with Crippen LogP contribution in [0.4, 0.5) is 0 Å². The minimum Gasteiger partial charge on any atom is -0.325 e. The molecule has 0 fully saturated rings. The SMILES string of the molecule is CCC(=CC(C)N)CC(C)C. The Kier molecular flexibility index (Phi) is 5.22. The Labute approximate surface area is 70.7 Å². The van der Waals surface area contributed by atoms with Crippen LogP contribution in [0.15, 0.2) is 11.6 Å². The molecule has 0 bridgehead atoms. The zero-order valence-electron chi connectivity index (χ0n) is 8.22. The highest BCUT2D eigenvalue weighted by molar-refractivity contribution is 5.05. The smallest absolute Gasteiger partial charge is 0.0197 e. The molecule has 2 N–H and O–H groups in total. The van der Waals surface area contributed by atoms with Crippen LogP contribution in [-0.4, -0.2) is 6.04 Å². The van der Waals surface area contributed by atoms with Crippen molar-refractivity contribution in [2.75, 3.05) is 0 Å². The first-order valence-corrected chi connectivity index (χ1v) is 4.51. The predicted molar refractivity (Wildman–Crippen MR) is 51.5 cm³/mol. The molecule has 0 radical (unpaired) electrons. The molecule has 0 aliphatic carbocycles. The highest BCUT2D eigenvalue weighted by Crippen LogP contribution is 2.13. The third-order valence-electron chi connectivity index (χ3n) is 1.62. The van der Waals surface area contributed by atoms with Crippen LogP contribution in [0, 0.1) is 5.92 Å². The molecule has 0 aromatic rings. The van der Waals surface area contributed by atoms with Gasteiger partial charge in [-0.15, -0.1) is 0 Å². The van der Waals surface area contributed by atoms with Crippen LogP contribution in [0.5, 0.6) is 0 Å². The lowest BCUT2D eigenvalue weighted by atomic mass is 9.99. The molecular weight excluding hydrogens is 134 g/mol. The Morgan fingerprint density at radius 3 is 2.18 bits per heavy atom. The summed E-state index contributed by atoms with van der Waals surface area (Å²) in [4.78, 5) is 0. The van der Waals surface area contributed by atoms with Crippen LogP contribution in [0.1, 0.15) is 40.5 Å². The average molecular weight is 155 g/mol. The Hall–Kier alpha value is -0.300. The zero-order valence-corrected chi connectivity index (χ0v) is 8.22. The second kappa shape index (κ2) is 5.36. The summed E-state index contributed by atoms with van der Waals surface area (Å²) in [7, 11) is 0. The van der Waals surface area contributed by atoms with Gasteiger partial charge in [0.2, 0.25) is 0 Å². The maximum Gasteiger partial charge on any atom is 0.0197 e. The average Bonchev–Trinajstić information content (AvgIpc) is 1.84. The van der Waals surface area contributed by atoms with Gasteiger partial charge < -0.3 is 5.73 Å².